The summed E-state index contributed by atoms with van der Waals surface area (Å²) in [5.74, 6) is -2.65. The SMILES string of the molecule is CCNC(=O)c1ccc(C(=O)[NH+]=C(N)N)o1.O=[N+]([O-])c1cc([N+](=O)[O-])c([O-])c([N+](=O)[O-])c1. The topological polar surface area (TPSA) is 278 Å². The summed E-state index contributed by atoms with van der Waals surface area (Å²) in [4.78, 5) is 52.3. The lowest BCUT2D eigenvalue weighted by Gasteiger charge is -2.06. The lowest BCUT2D eigenvalue weighted by molar-refractivity contribution is -0.420. The van der Waals surface area contributed by atoms with E-state index in [1.54, 1.807) is 6.92 Å². The van der Waals surface area contributed by atoms with Crippen molar-refractivity contribution in [2.75, 3.05) is 6.54 Å². The summed E-state index contributed by atoms with van der Waals surface area (Å²) in [7, 11) is 0. The second-order valence-corrected chi connectivity index (χ2v) is 5.52. The Morgan fingerprint density at radius 3 is 1.91 bits per heavy atom. The molecule has 2 aromatic rings. The van der Waals surface area contributed by atoms with Crippen molar-refractivity contribution in [3.8, 4) is 5.75 Å². The molecule has 1 heterocycles. The highest BCUT2D eigenvalue weighted by molar-refractivity contribution is 5.93. The molecule has 0 radical (unpaired) electrons. The third-order valence-corrected chi connectivity index (χ3v) is 3.29. The Hall–Kier alpha value is -5.09. The Balaban J connectivity index is 0.000000320. The molecule has 0 aliphatic heterocycles. The molecule has 170 valence electrons. The zero-order valence-corrected chi connectivity index (χ0v) is 16.1. The van der Waals surface area contributed by atoms with Gasteiger partial charge in [0.15, 0.2) is 5.76 Å². The normalized spacial score (nSPS) is 9.66. The van der Waals surface area contributed by atoms with Crippen LogP contribution in [0, 0.1) is 30.3 Å². The molecule has 17 heteroatoms. The second-order valence-electron chi connectivity index (χ2n) is 5.52. The number of nitro benzene ring substituents is 3. The van der Waals surface area contributed by atoms with E-state index >= 15 is 0 Å². The van der Waals surface area contributed by atoms with Gasteiger partial charge in [0.05, 0.1) is 32.7 Å². The molecule has 0 spiro atoms. The molecule has 0 fully saturated rings. The zero-order valence-electron chi connectivity index (χ0n) is 16.1. The Kier molecular flexibility index (Phi) is 8.28. The van der Waals surface area contributed by atoms with Gasteiger partial charge in [0, 0.05) is 6.54 Å². The number of amides is 2. The van der Waals surface area contributed by atoms with E-state index in [-0.39, 0.29) is 23.4 Å². The summed E-state index contributed by atoms with van der Waals surface area (Å²) >= 11 is 0. The van der Waals surface area contributed by atoms with E-state index < -0.39 is 43.5 Å². The molecule has 1 aromatic carbocycles. The van der Waals surface area contributed by atoms with Crippen LogP contribution < -0.4 is 26.9 Å². The molecule has 1 aromatic heterocycles. The van der Waals surface area contributed by atoms with E-state index in [0.29, 0.717) is 18.7 Å². The van der Waals surface area contributed by atoms with Gasteiger partial charge in [-0.05, 0) is 19.1 Å². The van der Waals surface area contributed by atoms with Gasteiger partial charge in [-0.1, -0.05) is 0 Å². The lowest BCUT2D eigenvalue weighted by atomic mass is 10.2. The molecule has 0 saturated heterocycles. The van der Waals surface area contributed by atoms with Crippen molar-refractivity contribution >= 4 is 34.8 Å². The first-order valence-corrected chi connectivity index (χ1v) is 8.24. The van der Waals surface area contributed by atoms with Crippen LogP contribution in [0.5, 0.6) is 5.75 Å². The van der Waals surface area contributed by atoms with Crippen LogP contribution in [-0.4, -0.2) is 39.1 Å². The number of carbonyl (C=O) groups excluding carboxylic acids is 2. The fourth-order valence-corrected chi connectivity index (χ4v) is 1.98. The van der Waals surface area contributed by atoms with Gasteiger partial charge in [0.1, 0.15) is 0 Å². The van der Waals surface area contributed by atoms with E-state index in [4.69, 9.17) is 15.9 Å². The highest BCUT2D eigenvalue weighted by atomic mass is 16.6. The van der Waals surface area contributed by atoms with Crippen LogP contribution in [0.4, 0.5) is 17.1 Å². The van der Waals surface area contributed by atoms with Crippen LogP contribution in [0.15, 0.2) is 28.7 Å². The number of hydrogen-bond donors (Lipinski definition) is 4. The average Bonchev–Trinajstić information content (AvgIpc) is 3.18. The highest BCUT2D eigenvalue weighted by Crippen LogP contribution is 2.36. The van der Waals surface area contributed by atoms with Gasteiger partial charge in [-0.25, -0.2) is 9.79 Å². The smallest absolute Gasteiger partial charge is 0.349 e. The standard InChI is InChI=1S/C9H12N4O3.C6H3N3O7/c1-2-12-7(14)5-3-4-6(16-5)8(15)13-9(10)11;10-6-4(8(13)14)1-3(7(11)12)2-5(6)9(15)16/h3-4H,2H2,1H3,(H,12,14)(H4,10,11,13,15);1-2,10H. The number of nitrogens with two attached hydrogens (primary N) is 2. The van der Waals surface area contributed by atoms with Crippen LogP contribution in [-0.2, 0) is 0 Å². The van der Waals surface area contributed by atoms with Gasteiger partial charge in [0.25, 0.3) is 23.0 Å². The molecular formula is C15H15N7O10. The number of non-ortho nitro benzene ring substituents is 1. The number of carbonyl (C=O) groups is 2. The molecule has 17 nitrogen and oxygen atoms in total. The van der Waals surface area contributed by atoms with Crippen LogP contribution in [0.3, 0.4) is 0 Å². The fourth-order valence-electron chi connectivity index (χ4n) is 1.98. The number of benzene rings is 1. The summed E-state index contributed by atoms with van der Waals surface area (Å²) in [5, 5.41) is 44.6. The number of nitrogens with zero attached hydrogens (tertiary/aromatic N) is 3. The number of nitrogens with one attached hydrogen (secondary N) is 2. The Labute approximate surface area is 176 Å². The highest BCUT2D eigenvalue weighted by Gasteiger charge is 2.24. The van der Waals surface area contributed by atoms with Gasteiger partial charge >= 0.3 is 11.9 Å². The number of hydrogen-bond acceptors (Lipinski definition) is 10. The Morgan fingerprint density at radius 2 is 1.50 bits per heavy atom. The quantitative estimate of drug-likeness (QED) is 0.160. The summed E-state index contributed by atoms with van der Waals surface area (Å²) in [6.45, 7) is 2.25. The van der Waals surface area contributed by atoms with E-state index in [1.165, 1.54) is 12.1 Å². The van der Waals surface area contributed by atoms with Gasteiger partial charge in [0.2, 0.25) is 5.76 Å². The van der Waals surface area contributed by atoms with Crippen molar-refractivity contribution in [1.29, 1.82) is 0 Å². The lowest BCUT2D eigenvalue weighted by Crippen LogP contribution is -2.81. The minimum absolute atomic E-state index is 0.0327. The largest absolute Gasteiger partial charge is 0.863 e. The molecule has 0 aliphatic carbocycles. The summed E-state index contributed by atoms with van der Waals surface area (Å²) < 4.78 is 5.01. The van der Waals surface area contributed by atoms with Crippen molar-refractivity contribution in [1.82, 2.24) is 5.32 Å². The van der Waals surface area contributed by atoms with Crippen LogP contribution in [0.1, 0.15) is 28.0 Å². The number of guanidine groups is 1. The maximum absolute atomic E-state index is 11.3. The van der Waals surface area contributed by atoms with Gasteiger partial charge in [-0.2, -0.15) is 0 Å². The van der Waals surface area contributed by atoms with Crippen LogP contribution >= 0.6 is 0 Å². The molecule has 6 N–H and O–H groups in total. The van der Waals surface area contributed by atoms with E-state index in [9.17, 15) is 45.0 Å². The van der Waals surface area contributed by atoms with E-state index in [1.807, 2.05) is 0 Å². The van der Waals surface area contributed by atoms with Crippen LogP contribution in [0.2, 0.25) is 0 Å². The van der Waals surface area contributed by atoms with Crippen molar-refractivity contribution in [2.45, 2.75) is 6.92 Å². The molecule has 32 heavy (non-hydrogen) atoms. The molecule has 0 aliphatic rings. The van der Waals surface area contributed by atoms with E-state index in [2.05, 4.69) is 10.3 Å². The minimum atomic E-state index is -1.46. The maximum atomic E-state index is 11.3. The van der Waals surface area contributed by atoms with Gasteiger partial charge in [-0.15, -0.1) is 0 Å². The third kappa shape index (κ3) is 6.47. The monoisotopic (exact) mass is 453 g/mol. The van der Waals surface area contributed by atoms with Gasteiger partial charge in [-0.3, -0.25) is 46.6 Å². The van der Waals surface area contributed by atoms with Crippen molar-refractivity contribution < 1.29 is 38.9 Å². The molecule has 2 amide bonds. The Morgan fingerprint density at radius 1 is 1.00 bits per heavy atom. The predicted molar refractivity (Wildman–Crippen MR) is 101 cm³/mol. The molecule has 0 bridgehead atoms. The molecular weight excluding hydrogens is 438 g/mol. The summed E-state index contributed by atoms with van der Waals surface area (Å²) in [6, 6.07) is 3.53. The third-order valence-electron chi connectivity index (χ3n) is 3.29. The predicted octanol–water partition coefficient (Wildman–Crippen LogP) is -1.99. The Bertz CT molecular complexity index is 1070. The van der Waals surface area contributed by atoms with Crippen LogP contribution in [0.25, 0.3) is 0 Å². The number of nitro groups is 3. The van der Waals surface area contributed by atoms with Gasteiger partial charge < -0.3 is 14.8 Å². The first-order valence-electron chi connectivity index (χ1n) is 8.24. The van der Waals surface area contributed by atoms with Crippen molar-refractivity contribution in [3.05, 3.63) is 66.1 Å². The minimum Gasteiger partial charge on any atom is -0.863 e. The molecule has 0 unspecified atom stereocenters. The van der Waals surface area contributed by atoms with Crippen molar-refractivity contribution in [3.63, 3.8) is 0 Å². The number of rotatable bonds is 6. The zero-order chi connectivity index (χ0) is 24.6. The second kappa shape index (κ2) is 10.6. The fraction of sp³-hybridized carbons (Fsp3) is 0.133. The molecule has 0 atom stereocenters. The summed E-state index contributed by atoms with van der Waals surface area (Å²) in [6.07, 6.45) is 0. The summed E-state index contributed by atoms with van der Waals surface area (Å²) in [5.41, 5.74) is 6.91. The first kappa shape index (κ1) is 24.9. The van der Waals surface area contributed by atoms with E-state index in [0.717, 1.165) is 0 Å². The average molecular weight is 453 g/mol. The molecule has 0 saturated carbocycles. The molecule has 2 rings (SSSR count). The maximum Gasteiger partial charge on any atom is 0.349 e. The van der Waals surface area contributed by atoms with Crippen molar-refractivity contribution in [2.24, 2.45) is 11.5 Å². The number of furan rings is 1. The first-order chi connectivity index (χ1) is 14.9.